The van der Waals surface area contributed by atoms with Crippen LogP contribution in [0.1, 0.15) is 31.4 Å². The molecule has 2 heterocycles. The first-order valence-electron chi connectivity index (χ1n) is 10.2. The van der Waals surface area contributed by atoms with Gasteiger partial charge < -0.3 is 15.2 Å². The van der Waals surface area contributed by atoms with Crippen molar-refractivity contribution in [2.24, 2.45) is 7.05 Å². The van der Waals surface area contributed by atoms with Crippen LogP contribution in [0.25, 0.3) is 0 Å². The number of hydrogen-bond donors (Lipinski definition) is 3. The normalized spacial score (nSPS) is 11.2. The van der Waals surface area contributed by atoms with Crippen LogP contribution in [0.15, 0.2) is 59.9 Å². The molecule has 0 spiro atoms. The van der Waals surface area contributed by atoms with Gasteiger partial charge in [0.15, 0.2) is 0 Å². The number of anilines is 3. The number of rotatable bonds is 7. The fourth-order valence-corrected chi connectivity index (χ4v) is 4.91. The molecule has 2 aromatic carbocycles. The first kappa shape index (κ1) is 24.0. The molecule has 4 aromatic rings. The quantitative estimate of drug-likeness (QED) is 0.345. The fraction of sp³-hybridized carbons (Fsp3) is 0.136. The topological polar surface area (TPSA) is 148 Å². The van der Waals surface area contributed by atoms with E-state index in [9.17, 15) is 18.0 Å². The molecular weight excluding hydrogens is 490 g/mol. The molecule has 0 aliphatic heterocycles. The third-order valence-corrected chi connectivity index (χ3v) is 7.21. The van der Waals surface area contributed by atoms with E-state index >= 15 is 0 Å². The van der Waals surface area contributed by atoms with Gasteiger partial charge in [0, 0.05) is 24.0 Å². The highest BCUT2D eigenvalue weighted by atomic mass is 32.2. The van der Waals surface area contributed by atoms with E-state index in [2.05, 4.69) is 30.5 Å². The van der Waals surface area contributed by atoms with Gasteiger partial charge in [-0.25, -0.2) is 13.4 Å². The van der Waals surface area contributed by atoms with E-state index in [0.29, 0.717) is 27.6 Å². The minimum atomic E-state index is -3.84. The maximum atomic E-state index is 12.8. The summed E-state index contributed by atoms with van der Waals surface area (Å²) in [6, 6.07) is 10.7. The first-order valence-corrected chi connectivity index (χ1v) is 12.5. The molecule has 0 bridgehead atoms. The molecule has 13 heteroatoms. The predicted molar refractivity (Wildman–Crippen MR) is 132 cm³/mol. The van der Waals surface area contributed by atoms with Crippen LogP contribution in [0.3, 0.4) is 0 Å². The molecular formula is C22H21N7O4S2. The Kier molecular flexibility index (Phi) is 6.62. The Hall–Kier alpha value is -4.10. The van der Waals surface area contributed by atoms with Crippen molar-refractivity contribution in [3.8, 4) is 0 Å². The summed E-state index contributed by atoms with van der Waals surface area (Å²) in [5, 5.41) is 13.9. The Morgan fingerprint density at radius 3 is 2.34 bits per heavy atom. The summed E-state index contributed by atoms with van der Waals surface area (Å²) in [6.45, 7) is 3.54. The second-order valence-electron chi connectivity index (χ2n) is 7.58. The van der Waals surface area contributed by atoms with E-state index in [1.807, 2.05) is 6.92 Å². The maximum absolute atomic E-state index is 12.8. The van der Waals surface area contributed by atoms with Gasteiger partial charge in [-0.3, -0.25) is 14.3 Å². The number of carbonyl (C=O) groups is 2. The zero-order valence-corrected chi connectivity index (χ0v) is 20.6. The second kappa shape index (κ2) is 9.64. The van der Waals surface area contributed by atoms with Crippen molar-refractivity contribution in [1.29, 1.82) is 0 Å². The van der Waals surface area contributed by atoms with E-state index < -0.39 is 15.9 Å². The number of imidazole rings is 1. The van der Waals surface area contributed by atoms with Crippen LogP contribution in [0.4, 0.5) is 16.5 Å². The van der Waals surface area contributed by atoms with E-state index in [-0.39, 0.29) is 15.9 Å². The number of nitrogens with one attached hydrogen (secondary N) is 3. The standard InChI is InChI=1S/C22H21N7O4S2/c1-13-4-5-15(10-18(13)25-21(31)19-11-23-12-29(19)3)20(30)24-16-6-8-17(9-7-16)35(32,33)28-22-27-26-14(2)34-22/h4-12H,1-3H3,(H,24,30)(H,25,31)(H,27,28). The van der Waals surface area contributed by atoms with E-state index in [0.717, 1.165) is 16.9 Å². The zero-order chi connectivity index (χ0) is 25.2. The van der Waals surface area contributed by atoms with Gasteiger partial charge >= 0.3 is 0 Å². The molecule has 2 aromatic heterocycles. The van der Waals surface area contributed by atoms with Crippen molar-refractivity contribution in [2.45, 2.75) is 18.7 Å². The van der Waals surface area contributed by atoms with Crippen molar-refractivity contribution in [3.05, 3.63) is 76.8 Å². The van der Waals surface area contributed by atoms with Gasteiger partial charge in [0.05, 0.1) is 17.4 Å². The number of aryl methyl sites for hydroxylation is 3. The summed E-state index contributed by atoms with van der Waals surface area (Å²) in [5.74, 6) is -0.765. The van der Waals surface area contributed by atoms with Gasteiger partial charge in [0.25, 0.3) is 21.8 Å². The number of amides is 2. The lowest BCUT2D eigenvalue weighted by Gasteiger charge is -2.12. The first-order chi connectivity index (χ1) is 16.6. The summed E-state index contributed by atoms with van der Waals surface area (Å²) in [6.07, 6.45) is 2.98. The summed E-state index contributed by atoms with van der Waals surface area (Å²) >= 11 is 1.12. The number of sulfonamides is 1. The maximum Gasteiger partial charge on any atom is 0.273 e. The Morgan fingerprint density at radius 2 is 1.71 bits per heavy atom. The van der Waals surface area contributed by atoms with Crippen molar-refractivity contribution in [1.82, 2.24) is 19.7 Å². The molecule has 11 nitrogen and oxygen atoms in total. The third kappa shape index (κ3) is 5.53. The molecule has 0 saturated heterocycles. The number of carbonyl (C=O) groups excluding carboxylic acids is 2. The summed E-state index contributed by atoms with van der Waals surface area (Å²) in [4.78, 5) is 29.3. The minimum absolute atomic E-state index is 0.0128. The lowest BCUT2D eigenvalue weighted by molar-refractivity contribution is 0.101. The van der Waals surface area contributed by atoms with Gasteiger partial charge in [-0.1, -0.05) is 17.4 Å². The molecule has 2 amide bonds. The highest BCUT2D eigenvalue weighted by Crippen LogP contribution is 2.22. The summed E-state index contributed by atoms with van der Waals surface area (Å²) in [7, 11) is -2.13. The van der Waals surface area contributed by atoms with Crippen molar-refractivity contribution < 1.29 is 18.0 Å². The smallest absolute Gasteiger partial charge is 0.273 e. The number of hydrogen-bond acceptors (Lipinski definition) is 8. The zero-order valence-electron chi connectivity index (χ0n) is 18.9. The number of benzene rings is 2. The Bertz CT molecular complexity index is 1510. The monoisotopic (exact) mass is 511 g/mol. The SMILES string of the molecule is Cc1nnc(NS(=O)(=O)c2ccc(NC(=O)c3ccc(C)c(NC(=O)c4cncn4C)c3)cc2)s1. The van der Waals surface area contributed by atoms with E-state index in [4.69, 9.17) is 0 Å². The predicted octanol–water partition coefficient (Wildman–Crippen LogP) is 3.19. The van der Waals surface area contributed by atoms with Crippen LogP contribution >= 0.6 is 11.3 Å². The lowest BCUT2D eigenvalue weighted by Crippen LogP contribution is -2.17. The van der Waals surface area contributed by atoms with Crippen molar-refractivity contribution in [2.75, 3.05) is 15.4 Å². The molecule has 0 atom stereocenters. The second-order valence-corrected chi connectivity index (χ2v) is 10.4. The molecule has 0 aliphatic carbocycles. The van der Waals surface area contributed by atoms with Gasteiger partial charge in [-0.2, -0.15) is 0 Å². The summed E-state index contributed by atoms with van der Waals surface area (Å²) < 4.78 is 29.0. The highest BCUT2D eigenvalue weighted by Gasteiger charge is 2.17. The number of aromatic nitrogens is 4. The van der Waals surface area contributed by atoms with E-state index in [1.54, 1.807) is 36.7 Å². The molecule has 0 aliphatic rings. The molecule has 0 radical (unpaired) electrons. The van der Waals surface area contributed by atoms with Gasteiger partial charge in [-0.05, 0) is 55.8 Å². The molecule has 0 unspecified atom stereocenters. The van der Waals surface area contributed by atoms with Crippen molar-refractivity contribution >= 4 is 49.7 Å². The highest BCUT2D eigenvalue weighted by molar-refractivity contribution is 7.93. The van der Waals surface area contributed by atoms with Gasteiger partial charge in [0.2, 0.25) is 5.13 Å². The van der Waals surface area contributed by atoms with Crippen LogP contribution in [0.2, 0.25) is 0 Å². The molecule has 35 heavy (non-hydrogen) atoms. The van der Waals surface area contributed by atoms with Crippen LogP contribution in [-0.4, -0.2) is 40.0 Å². The largest absolute Gasteiger partial charge is 0.330 e. The van der Waals surface area contributed by atoms with Gasteiger partial charge in [0.1, 0.15) is 10.7 Å². The molecule has 4 rings (SSSR count). The van der Waals surface area contributed by atoms with Crippen LogP contribution < -0.4 is 15.4 Å². The van der Waals surface area contributed by atoms with Crippen molar-refractivity contribution in [3.63, 3.8) is 0 Å². The minimum Gasteiger partial charge on any atom is -0.330 e. The molecule has 3 N–H and O–H groups in total. The van der Waals surface area contributed by atoms with E-state index in [1.165, 1.54) is 36.8 Å². The van der Waals surface area contributed by atoms with Crippen LogP contribution in [0, 0.1) is 13.8 Å². The van der Waals surface area contributed by atoms with Crippen LogP contribution in [0.5, 0.6) is 0 Å². The number of nitrogens with zero attached hydrogens (tertiary/aromatic N) is 4. The third-order valence-electron chi connectivity index (χ3n) is 4.97. The Balaban J connectivity index is 1.45. The fourth-order valence-electron chi connectivity index (χ4n) is 3.09. The molecule has 0 saturated carbocycles. The van der Waals surface area contributed by atoms with Gasteiger partial charge in [-0.15, -0.1) is 10.2 Å². The van der Waals surface area contributed by atoms with Crippen LogP contribution in [-0.2, 0) is 17.1 Å². The molecule has 180 valence electrons. The average molecular weight is 512 g/mol. The summed E-state index contributed by atoms with van der Waals surface area (Å²) in [5.41, 5.74) is 2.38. The molecule has 0 fully saturated rings. The lowest BCUT2D eigenvalue weighted by atomic mass is 10.1. The average Bonchev–Trinajstić information content (AvgIpc) is 3.42. The Morgan fingerprint density at radius 1 is 0.971 bits per heavy atom. The Labute approximate surface area is 205 Å².